The van der Waals surface area contributed by atoms with Crippen molar-refractivity contribution in [3.63, 3.8) is 0 Å². The van der Waals surface area contributed by atoms with Crippen molar-refractivity contribution in [2.75, 3.05) is 56.2 Å². The number of carbonyl (C=O) groups is 2. The molecule has 18 heteroatoms. The largest absolute Gasteiger partial charge is 0.501 e. The van der Waals surface area contributed by atoms with E-state index in [4.69, 9.17) is 27.2 Å². The first-order valence-corrected chi connectivity index (χ1v) is 25.6. The van der Waals surface area contributed by atoms with E-state index in [2.05, 4.69) is 17.0 Å². The molecule has 0 saturated carbocycles. The molecule has 354 valence electrons. The number of sulfone groups is 2. The molecule has 0 amide bonds. The SMILES string of the molecule is CN(CCO)CC[C@H](CSc1ccccc1)Cc1ccc(S(=O)(=O)CC(=O)c2ccc(N3CCC([C@@H](N)c4ccccc4-c4ccc(Cl)cc4)CC3)cc2)cc1S(=O)(=O)C(F)(F)F.O=CO. The third-order valence-corrected chi connectivity index (χ3v) is 16.2. The molecule has 1 fully saturated rings. The highest BCUT2D eigenvalue weighted by molar-refractivity contribution is 7.99. The fraction of sp³-hybridized carbons (Fsp3) is 0.333. The molecule has 0 aliphatic carbocycles. The molecule has 1 heterocycles. The maximum atomic E-state index is 14.1. The Morgan fingerprint density at radius 1 is 0.909 bits per heavy atom. The van der Waals surface area contributed by atoms with Crippen molar-refractivity contribution in [1.29, 1.82) is 0 Å². The van der Waals surface area contributed by atoms with Gasteiger partial charge in [-0.2, -0.15) is 13.2 Å². The van der Waals surface area contributed by atoms with Crippen LogP contribution in [0.5, 0.6) is 0 Å². The first-order valence-electron chi connectivity index (χ1n) is 21.1. The summed E-state index contributed by atoms with van der Waals surface area (Å²) in [6, 6.07) is 34.1. The molecular weight excluding hydrogens is 935 g/mol. The van der Waals surface area contributed by atoms with Gasteiger partial charge in [-0.1, -0.05) is 72.3 Å². The van der Waals surface area contributed by atoms with Gasteiger partial charge in [0, 0.05) is 52.6 Å². The molecule has 1 aliphatic rings. The third kappa shape index (κ3) is 13.9. The topological polar surface area (TPSA) is 175 Å². The lowest BCUT2D eigenvalue weighted by molar-refractivity contribution is -0.122. The predicted molar refractivity (Wildman–Crippen MR) is 254 cm³/mol. The summed E-state index contributed by atoms with van der Waals surface area (Å²) in [5.41, 5.74) is 5.07. The van der Waals surface area contributed by atoms with Gasteiger partial charge in [-0.25, -0.2) is 16.8 Å². The zero-order valence-electron chi connectivity index (χ0n) is 36.2. The molecule has 2 atom stereocenters. The molecule has 5 aromatic rings. The van der Waals surface area contributed by atoms with Crippen LogP contribution in [0.1, 0.15) is 46.8 Å². The fourth-order valence-corrected chi connectivity index (χ4v) is 11.4. The highest BCUT2D eigenvalue weighted by Crippen LogP contribution is 2.38. The second-order valence-corrected chi connectivity index (χ2v) is 21.4. The van der Waals surface area contributed by atoms with Crippen molar-refractivity contribution >= 4 is 61.0 Å². The van der Waals surface area contributed by atoms with Gasteiger partial charge in [0.25, 0.3) is 16.3 Å². The van der Waals surface area contributed by atoms with Crippen molar-refractivity contribution in [3.05, 3.63) is 143 Å². The Morgan fingerprint density at radius 2 is 1.53 bits per heavy atom. The number of likely N-dealkylation sites (N-methyl/N-ethyl adjacent to an activating group) is 1. The van der Waals surface area contributed by atoms with Crippen molar-refractivity contribution < 1.29 is 49.8 Å². The quantitative estimate of drug-likeness (QED) is 0.0408. The van der Waals surface area contributed by atoms with Gasteiger partial charge in [-0.15, -0.1) is 11.8 Å². The molecule has 1 saturated heterocycles. The van der Waals surface area contributed by atoms with Gasteiger partial charge in [0.05, 0.1) is 16.4 Å². The smallest absolute Gasteiger partial charge is 0.483 e. The summed E-state index contributed by atoms with van der Waals surface area (Å²) in [5.74, 6) is -1.54. The Kier molecular flexibility index (Phi) is 18.8. The lowest BCUT2D eigenvalue weighted by Crippen LogP contribution is -2.37. The van der Waals surface area contributed by atoms with E-state index in [1.807, 2.05) is 71.6 Å². The van der Waals surface area contributed by atoms with E-state index in [1.54, 1.807) is 19.2 Å². The number of anilines is 1. The lowest BCUT2D eigenvalue weighted by atomic mass is 9.83. The highest BCUT2D eigenvalue weighted by Gasteiger charge is 2.48. The minimum Gasteiger partial charge on any atom is -0.483 e. The van der Waals surface area contributed by atoms with Crippen molar-refractivity contribution in [1.82, 2.24) is 4.90 Å². The number of hydrogen-bond acceptors (Lipinski definition) is 11. The molecule has 0 unspecified atom stereocenters. The van der Waals surface area contributed by atoms with Crippen molar-refractivity contribution in [2.45, 2.75) is 51.9 Å². The first-order chi connectivity index (χ1) is 31.4. The minimum absolute atomic E-state index is 0.0859. The number of alkyl halides is 3. The van der Waals surface area contributed by atoms with Crippen molar-refractivity contribution in [2.24, 2.45) is 17.6 Å². The predicted octanol–water partition coefficient (Wildman–Crippen LogP) is 8.84. The molecule has 0 aromatic heterocycles. The third-order valence-electron chi connectivity index (χ3n) is 11.5. The number of aliphatic hydroxyl groups excluding tert-OH is 1. The molecule has 0 radical (unpaired) electrons. The van der Waals surface area contributed by atoms with E-state index in [0.29, 0.717) is 49.4 Å². The lowest BCUT2D eigenvalue weighted by Gasteiger charge is -2.36. The van der Waals surface area contributed by atoms with Gasteiger partial charge >= 0.3 is 5.51 Å². The van der Waals surface area contributed by atoms with Crippen LogP contribution < -0.4 is 10.6 Å². The van der Waals surface area contributed by atoms with Crippen LogP contribution in [0.15, 0.2) is 136 Å². The van der Waals surface area contributed by atoms with Gasteiger partial charge < -0.3 is 25.7 Å². The van der Waals surface area contributed by atoms with Crippen molar-refractivity contribution in [3.8, 4) is 11.1 Å². The van der Waals surface area contributed by atoms with Gasteiger partial charge in [0.2, 0.25) is 0 Å². The fourth-order valence-electron chi connectivity index (χ4n) is 7.89. The number of Topliss-reactive ketones (excluding diaryl/α,β-unsaturated/α-hetero) is 1. The number of ketones is 1. The molecule has 0 bridgehead atoms. The zero-order valence-corrected chi connectivity index (χ0v) is 39.4. The molecule has 11 nitrogen and oxygen atoms in total. The molecular formula is C48H53ClF3N3O8S3. The minimum atomic E-state index is -5.99. The average molecular weight is 989 g/mol. The summed E-state index contributed by atoms with van der Waals surface area (Å²) in [6.07, 6.45) is 2.00. The van der Waals surface area contributed by atoms with Crippen LogP contribution in [0.25, 0.3) is 11.1 Å². The number of halogens is 4. The summed E-state index contributed by atoms with van der Waals surface area (Å²) in [6.45, 7) is 1.93. The Bertz CT molecular complexity index is 2600. The van der Waals surface area contributed by atoms with E-state index in [0.717, 1.165) is 52.2 Å². The van der Waals surface area contributed by atoms with Crippen LogP contribution in [0.4, 0.5) is 18.9 Å². The summed E-state index contributed by atoms with van der Waals surface area (Å²) in [5, 5.41) is 16.9. The number of aliphatic hydroxyl groups is 1. The summed E-state index contributed by atoms with van der Waals surface area (Å²) < 4.78 is 95.8. The number of carboxylic acid groups (broad SMARTS) is 1. The molecule has 5 aromatic carbocycles. The zero-order chi connectivity index (χ0) is 48.1. The second kappa shape index (κ2) is 23.8. The van der Waals surface area contributed by atoms with Gasteiger partial charge in [0.15, 0.2) is 15.6 Å². The van der Waals surface area contributed by atoms with E-state index in [-0.39, 0.29) is 48.5 Å². The maximum absolute atomic E-state index is 14.1. The number of carbonyl (C=O) groups excluding carboxylic acids is 1. The molecule has 0 spiro atoms. The van der Waals surface area contributed by atoms with Gasteiger partial charge in [-0.05, 0) is 134 Å². The summed E-state index contributed by atoms with van der Waals surface area (Å²) in [4.78, 5) is 24.9. The van der Waals surface area contributed by atoms with E-state index in [9.17, 15) is 39.9 Å². The standard InChI is InChI=1S/C47H51ClF3N3O6S3.CH2O2/c1-53(27-28-55)24-21-33(31-61-40-7-3-2-4-8-40)29-37-15-20-41(30-45(37)63(59,60)47(49,50)51)62(57,58)32-44(56)35-13-18-39(19-14-35)54-25-22-36(23-26-54)46(52)43-10-6-5-9-42(43)34-11-16-38(48)17-12-34;2-1-3/h2-20,30,33,36,46,55H,21-29,31-32,52H2,1H3;1H,(H,2,3)/t33-,46+;/m0./s1. The van der Waals surface area contributed by atoms with Gasteiger partial charge in [-0.3, -0.25) is 9.59 Å². The molecule has 6 rings (SSSR count). The maximum Gasteiger partial charge on any atom is 0.501 e. The number of piperidine rings is 1. The summed E-state index contributed by atoms with van der Waals surface area (Å²) in [7, 11) is -8.79. The van der Waals surface area contributed by atoms with E-state index in [1.165, 1.54) is 23.9 Å². The number of hydrogen-bond donors (Lipinski definition) is 3. The van der Waals surface area contributed by atoms with Gasteiger partial charge in [0.1, 0.15) is 5.75 Å². The van der Waals surface area contributed by atoms with E-state index < -0.39 is 46.5 Å². The van der Waals surface area contributed by atoms with Crippen LogP contribution in [0, 0.1) is 11.8 Å². The molecule has 1 aliphatic heterocycles. The Morgan fingerprint density at radius 3 is 2.15 bits per heavy atom. The van der Waals surface area contributed by atoms with E-state index >= 15 is 0 Å². The second-order valence-electron chi connectivity index (χ2n) is 16.0. The van der Waals surface area contributed by atoms with Crippen LogP contribution in [0.2, 0.25) is 5.02 Å². The Hall–Kier alpha value is -4.75. The highest BCUT2D eigenvalue weighted by atomic mass is 35.5. The number of rotatable bonds is 19. The Labute approximate surface area is 393 Å². The van der Waals surface area contributed by atoms with Crippen LogP contribution >= 0.6 is 23.4 Å². The molecule has 4 N–H and O–H groups in total. The van der Waals surface area contributed by atoms with Crippen LogP contribution in [0.3, 0.4) is 0 Å². The first kappa shape index (κ1) is 52.2. The average Bonchev–Trinajstić information content (AvgIpc) is 3.30. The summed E-state index contributed by atoms with van der Waals surface area (Å²) >= 11 is 7.59. The van der Waals surface area contributed by atoms with Crippen LogP contribution in [-0.4, -0.2) is 101 Å². The number of nitrogens with zero attached hydrogens (tertiary/aromatic N) is 2. The van der Waals surface area contributed by atoms with Crippen LogP contribution in [-0.2, 0) is 30.9 Å². The Balaban J connectivity index is 0.00000265. The number of thioether (sulfide) groups is 1. The number of benzene rings is 5. The normalized spacial score (nSPS) is 14.6. The molecule has 66 heavy (non-hydrogen) atoms. The number of nitrogens with two attached hydrogens (primary N) is 1. The monoisotopic (exact) mass is 987 g/mol.